The molecule has 1 saturated heterocycles. The minimum Gasteiger partial charge on any atom is -0.376 e. The number of nitrogens with zero attached hydrogens (tertiary/aromatic N) is 1. The zero-order valence-corrected chi connectivity index (χ0v) is 10.4. The predicted octanol–water partition coefficient (Wildman–Crippen LogP) is 2.53. The van der Waals surface area contributed by atoms with E-state index in [0.717, 1.165) is 31.4 Å². The number of rotatable bonds is 3. The monoisotopic (exact) mass is 272 g/mol. The van der Waals surface area contributed by atoms with Gasteiger partial charge in [0.05, 0.1) is 6.54 Å². The van der Waals surface area contributed by atoms with Crippen LogP contribution < -0.4 is 5.32 Å². The summed E-state index contributed by atoms with van der Waals surface area (Å²) in [7, 11) is 0. The second-order valence-corrected chi connectivity index (χ2v) is 4.55. The Balaban J connectivity index is 1.93. The maximum Gasteiger partial charge on any atom is 0.241 e. The fraction of sp³-hybridized carbons (Fsp3) is 0.462. The quantitative estimate of drug-likeness (QED) is 0.858. The van der Waals surface area contributed by atoms with Crippen LogP contribution in [-0.4, -0.2) is 30.4 Å². The molecule has 1 aromatic carbocycles. The van der Waals surface area contributed by atoms with Crippen LogP contribution in [0.5, 0.6) is 0 Å². The minimum atomic E-state index is -1.51. The molecule has 6 heteroatoms. The van der Waals surface area contributed by atoms with Crippen LogP contribution in [-0.2, 0) is 4.79 Å². The fourth-order valence-electron chi connectivity index (χ4n) is 2.09. The smallest absolute Gasteiger partial charge is 0.241 e. The second kappa shape index (κ2) is 5.95. The van der Waals surface area contributed by atoms with Crippen LogP contribution in [0.3, 0.4) is 0 Å². The average Bonchev–Trinajstić information content (AvgIpc) is 2.43. The Morgan fingerprint density at radius 3 is 2.26 bits per heavy atom. The standard InChI is InChI=1S/C13H15F3N2O/c14-10-6-9(7-11(15)13(10)16)17-8-12(19)18-4-2-1-3-5-18/h6-7,17H,1-5,8H2. The van der Waals surface area contributed by atoms with Crippen molar-refractivity contribution in [1.29, 1.82) is 0 Å². The van der Waals surface area contributed by atoms with Crippen LogP contribution in [0.4, 0.5) is 18.9 Å². The summed E-state index contributed by atoms with van der Waals surface area (Å²) in [5.41, 5.74) is 0.0572. The number of piperidine rings is 1. The van der Waals surface area contributed by atoms with Crippen LogP contribution in [0.25, 0.3) is 0 Å². The third kappa shape index (κ3) is 3.39. The van der Waals surface area contributed by atoms with Gasteiger partial charge in [0, 0.05) is 30.9 Å². The van der Waals surface area contributed by atoms with Gasteiger partial charge in [0.1, 0.15) is 0 Å². The molecule has 0 saturated carbocycles. The number of carbonyl (C=O) groups is 1. The van der Waals surface area contributed by atoms with Gasteiger partial charge >= 0.3 is 0 Å². The van der Waals surface area contributed by atoms with E-state index in [1.54, 1.807) is 4.90 Å². The normalized spacial score (nSPS) is 15.4. The first kappa shape index (κ1) is 13.7. The van der Waals surface area contributed by atoms with Gasteiger partial charge in [-0.2, -0.15) is 0 Å². The van der Waals surface area contributed by atoms with Crippen molar-refractivity contribution in [2.45, 2.75) is 19.3 Å². The van der Waals surface area contributed by atoms with Gasteiger partial charge in [-0.15, -0.1) is 0 Å². The van der Waals surface area contributed by atoms with Gasteiger partial charge in [0.2, 0.25) is 5.91 Å². The molecule has 1 N–H and O–H groups in total. The van der Waals surface area contributed by atoms with E-state index in [1.807, 2.05) is 0 Å². The molecule has 1 aromatic rings. The van der Waals surface area contributed by atoms with E-state index in [-0.39, 0.29) is 18.1 Å². The van der Waals surface area contributed by atoms with Gasteiger partial charge in [0.25, 0.3) is 0 Å². The number of nitrogens with one attached hydrogen (secondary N) is 1. The van der Waals surface area contributed by atoms with Crippen LogP contribution in [0.15, 0.2) is 12.1 Å². The molecule has 1 aliphatic heterocycles. The van der Waals surface area contributed by atoms with Crippen LogP contribution in [0, 0.1) is 17.5 Å². The summed E-state index contributed by atoms with van der Waals surface area (Å²) < 4.78 is 38.7. The van der Waals surface area contributed by atoms with Gasteiger partial charge in [-0.3, -0.25) is 4.79 Å². The molecule has 1 heterocycles. The van der Waals surface area contributed by atoms with Crippen molar-refractivity contribution in [1.82, 2.24) is 4.90 Å². The largest absolute Gasteiger partial charge is 0.376 e. The molecular formula is C13H15F3N2O. The summed E-state index contributed by atoms with van der Waals surface area (Å²) in [6.07, 6.45) is 3.07. The highest BCUT2D eigenvalue weighted by atomic mass is 19.2. The Morgan fingerprint density at radius 2 is 1.68 bits per heavy atom. The van der Waals surface area contributed by atoms with Crippen molar-refractivity contribution in [3.63, 3.8) is 0 Å². The van der Waals surface area contributed by atoms with E-state index in [4.69, 9.17) is 0 Å². The summed E-state index contributed by atoms with van der Waals surface area (Å²) in [6.45, 7) is 1.38. The van der Waals surface area contributed by atoms with Gasteiger partial charge in [-0.05, 0) is 19.3 Å². The Kier molecular flexibility index (Phi) is 4.29. The first-order chi connectivity index (χ1) is 9.08. The lowest BCUT2D eigenvalue weighted by Crippen LogP contribution is -2.39. The molecule has 104 valence electrons. The molecule has 1 amide bonds. The molecule has 1 aliphatic rings. The SMILES string of the molecule is O=C(CNc1cc(F)c(F)c(F)c1)N1CCCCC1. The Bertz CT molecular complexity index is 450. The van der Waals surface area contributed by atoms with Gasteiger partial charge < -0.3 is 10.2 Å². The summed E-state index contributed by atoms with van der Waals surface area (Å²) >= 11 is 0. The summed E-state index contributed by atoms with van der Waals surface area (Å²) in [5.74, 6) is -4.17. The Labute approximate surface area is 109 Å². The van der Waals surface area contributed by atoms with E-state index >= 15 is 0 Å². The number of likely N-dealkylation sites (tertiary alicyclic amines) is 1. The lowest BCUT2D eigenvalue weighted by atomic mass is 10.1. The van der Waals surface area contributed by atoms with E-state index < -0.39 is 17.5 Å². The van der Waals surface area contributed by atoms with Gasteiger partial charge in [-0.1, -0.05) is 0 Å². The Hall–Kier alpha value is -1.72. The summed E-state index contributed by atoms with van der Waals surface area (Å²) in [6, 6.07) is 1.67. The molecule has 0 aromatic heterocycles. The average molecular weight is 272 g/mol. The number of hydrogen-bond acceptors (Lipinski definition) is 2. The molecule has 2 rings (SSSR count). The van der Waals surface area contributed by atoms with Crippen LogP contribution >= 0.6 is 0 Å². The number of amides is 1. The van der Waals surface area contributed by atoms with Crippen LogP contribution in [0.2, 0.25) is 0 Å². The third-order valence-corrected chi connectivity index (χ3v) is 3.14. The van der Waals surface area contributed by atoms with E-state index in [2.05, 4.69) is 5.32 Å². The molecule has 0 spiro atoms. The first-order valence-corrected chi connectivity index (χ1v) is 6.24. The molecule has 19 heavy (non-hydrogen) atoms. The number of hydrogen-bond donors (Lipinski definition) is 1. The highest BCUT2D eigenvalue weighted by molar-refractivity contribution is 5.80. The molecule has 0 atom stereocenters. The maximum atomic E-state index is 13.0. The molecule has 0 unspecified atom stereocenters. The minimum absolute atomic E-state index is 0.0511. The zero-order valence-electron chi connectivity index (χ0n) is 10.4. The van der Waals surface area contributed by atoms with Gasteiger partial charge in [-0.25, -0.2) is 13.2 Å². The summed E-state index contributed by atoms with van der Waals surface area (Å²) in [4.78, 5) is 13.5. The number of benzene rings is 1. The fourth-order valence-corrected chi connectivity index (χ4v) is 2.09. The molecule has 0 aliphatic carbocycles. The number of anilines is 1. The zero-order chi connectivity index (χ0) is 13.8. The van der Waals surface area contributed by atoms with Crippen molar-refractivity contribution in [2.75, 3.05) is 25.0 Å². The van der Waals surface area contributed by atoms with E-state index in [0.29, 0.717) is 13.1 Å². The highest BCUT2D eigenvalue weighted by Gasteiger charge is 2.16. The van der Waals surface area contributed by atoms with Crippen LogP contribution in [0.1, 0.15) is 19.3 Å². The first-order valence-electron chi connectivity index (χ1n) is 6.24. The third-order valence-electron chi connectivity index (χ3n) is 3.14. The predicted molar refractivity (Wildman–Crippen MR) is 65.2 cm³/mol. The maximum absolute atomic E-state index is 13.0. The van der Waals surface area contributed by atoms with E-state index in [9.17, 15) is 18.0 Å². The molecule has 0 radical (unpaired) electrons. The Morgan fingerprint density at radius 1 is 1.11 bits per heavy atom. The van der Waals surface area contributed by atoms with Crippen molar-refractivity contribution >= 4 is 11.6 Å². The van der Waals surface area contributed by atoms with Crippen molar-refractivity contribution in [2.24, 2.45) is 0 Å². The van der Waals surface area contributed by atoms with Crippen molar-refractivity contribution in [3.8, 4) is 0 Å². The second-order valence-electron chi connectivity index (χ2n) is 4.55. The number of carbonyl (C=O) groups excluding carboxylic acids is 1. The molecule has 0 bridgehead atoms. The van der Waals surface area contributed by atoms with E-state index in [1.165, 1.54) is 0 Å². The lowest BCUT2D eigenvalue weighted by Gasteiger charge is -2.26. The molecule has 1 fully saturated rings. The van der Waals surface area contributed by atoms with Crippen molar-refractivity contribution in [3.05, 3.63) is 29.6 Å². The summed E-state index contributed by atoms with van der Waals surface area (Å²) in [5, 5.41) is 2.61. The lowest BCUT2D eigenvalue weighted by molar-refractivity contribution is -0.130. The van der Waals surface area contributed by atoms with Gasteiger partial charge in [0.15, 0.2) is 17.5 Å². The topological polar surface area (TPSA) is 32.3 Å². The highest BCUT2D eigenvalue weighted by Crippen LogP contribution is 2.17. The molecule has 3 nitrogen and oxygen atoms in total. The number of halogens is 3. The molecular weight excluding hydrogens is 257 g/mol. The van der Waals surface area contributed by atoms with Crippen molar-refractivity contribution < 1.29 is 18.0 Å².